The van der Waals surface area contributed by atoms with Gasteiger partial charge in [0.1, 0.15) is 6.54 Å². The van der Waals surface area contributed by atoms with Crippen molar-refractivity contribution in [2.75, 3.05) is 31.1 Å². The van der Waals surface area contributed by atoms with Gasteiger partial charge in [0.05, 0.1) is 11.3 Å². The molecule has 1 amide bonds. The van der Waals surface area contributed by atoms with Gasteiger partial charge in [0.2, 0.25) is 5.95 Å². The summed E-state index contributed by atoms with van der Waals surface area (Å²) in [4.78, 5) is 39.1. The van der Waals surface area contributed by atoms with Crippen LogP contribution in [0.4, 0.5) is 5.95 Å². The van der Waals surface area contributed by atoms with Crippen molar-refractivity contribution < 1.29 is 14.7 Å². The maximum absolute atomic E-state index is 13.9. The molecule has 1 aliphatic heterocycles. The predicted molar refractivity (Wildman–Crippen MR) is 170 cm³/mol. The van der Waals surface area contributed by atoms with E-state index in [0.717, 1.165) is 57.3 Å². The molecule has 7 heteroatoms. The zero-order valence-electron chi connectivity index (χ0n) is 25.4. The molecule has 2 fully saturated rings. The van der Waals surface area contributed by atoms with Crippen molar-refractivity contribution in [3.63, 3.8) is 0 Å². The molecule has 5 rings (SSSR count). The number of benzene rings is 2. The van der Waals surface area contributed by atoms with Crippen molar-refractivity contribution in [2.24, 2.45) is 11.8 Å². The minimum absolute atomic E-state index is 0.276. The van der Waals surface area contributed by atoms with Gasteiger partial charge in [0, 0.05) is 25.8 Å². The number of carbonyl (C=O) groups is 2. The Morgan fingerprint density at radius 1 is 0.837 bits per heavy atom. The number of carbonyl (C=O) groups excluding carboxylic acids is 1. The average molecular weight is 583 g/mol. The highest BCUT2D eigenvalue weighted by Crippen LogP contribution is 2.29. The summed E-state index contributed by atoms with van der Waals surface area (Å²) in [6.45, 7) is 1.85. The highest BCUT2D eigenvalue weighted by atomic mass is 16.4. The zero-order valence-corrected chi connectivity index (χ0v) is 25.4. The van der Waals surface area contributed by atoms with Crippen LogP contribution in [0.3, 0.4) is 0 Å². The van der Waals surface area contributed by atoms with Gasteiger partial charge in [-0.15, -0.1) is 0 Å². The van der Waals surface area contributed by atoms with Crippen molar-refractivity contribution in [1.29, 1.82) is 0 Å². The van der Waals surface area contributed by atoms with Crippen LogP contribution in [-0.4, -0.2) is 58.0 Å². The van der Waals surface area contributed by atoms with Gasteiger partial charge in [-0.25, -0.2) is 9.97 Å². The quantitative estimate of drug-likeness (QED) is 0.244. The Hall–Kier alpha value is -3.74. The SMILES string of the molecule is O=C(O)CN(CCCc1ccccc1)C(=O)c1cnc(N2CCC(Cc3ccccc3)CC2)nc1CCC1CCCCC1. The molecule has 1 N–H and O–H groups in total. The number of carboxylic acids is 1. The molecule has 2 aliphatic rings. The molecule has 3 aromatic rings. The van der Waals surface area contributed by atoms with E-state index >= 15 is 0 Å². The number of aromatic nitrogens is 2. The minimum atomic E-state index is -1.01. The third-order valence-corrected chi connectivity index (χ3v) is 9.21. The van der Waals surface area contributed by atoms with Crippen molar-refractivity contribution in [3.8, 4) is 0 Å². The van der Waals surface area contributed by atoms with Gasteiger partial charge >= 0.3 is 5.97 Å². The molecule has 2 aromatic carbocycles. The number of amides is 1. The van der Waals surface area contributed by atoms with Crippen LogP contribution in [0.5, 0.6) is 0 Å². The third-order valence-electron chi connectivity index (χ3n) is 9.21. The van der Waals surface area contributed by atoms with Crippen LogP contribution in [0.2, 0.25) is 0 Å². The Bertz CT molecular complexity index is 1300. The molecule has 7 nitrogen and oxygen atoms in total. The summed E-state index contributed by atoms with van der Waals surface area (Å²) < 4.78 is 0. The maximum atomic E-state index is 13.9. The van der Waals surface area contributed by atoms with Crippen LogP contribution >= 0.6 is 0 Å². The smallest absolute Gasteiger partial charge is 0.323 e. The molecule has 43 heavy (non-hydrogen) atoms. The molecule has 2 heterocycles. The summed E-state index contributed by atoms with van der Waals surface area (Å²) in [7, 11) is 0. The van der Waals surface area contributed by atoms with Gasteiger partial charge < -0.3 is 14.9 Å². The monoisotopic (exact) mass is 582 g/mol. The summed E-state index contributed by atoms with van der Waals surface area (Å²) >= 11 is 0. The van der Waals surface area contributed by atoms with Gasteiger partial charge in [0.15, 0.2) is 0 Å². The molecule has 0 atom stereocenters. The van der Waals surface area contributed by atoms with Crippen molar-refractivity contribution >= 4 is 17.8 Å². The lowest BCUT2D eigenvalue weighted by molar-refractivity contribution is -0.137. The Labute approximate surface area is 256 Å². The fraction of sp³-hybridized carbons (Fsp3) is 0.500. The van der Waals surface area contributed by atoms with Gasteiger partial charge in [-0.3, -0.25) is 9.59 Å². The van der Waals surface area contributed by atoms with Gasteiger partial charge in [-0.1, -0.05) is 92.8 Å². The number of rotatable bonds is 13. The predicted octanol–water partition coefficient (Wildman–Crippen LogP) is 6.61. The van der Waals surface area contributed by atoms with E-state index in [1.165, 1.54) is 48.1 Å². The second-order valence-corrected chi connectivity index (χ2v) is 12.4. The van der Waals surface area contributed by atoms with Crippen molar-refractivity contribution in [3.05, 3.63) is 89.2 Å². The lowest BCUT2D eigenvalue weighted by atomic mass is 9.85. The second-order valence-electron chi connectivity index (χ2n) is 12.4. The number of piperidine rings is 1. The van der Waals surface area contributed by atoms with Crippen molar-refractivity contribution in [2.45, 2.75) is 77.0 Å². The first-order valence-corrected chi connectivity index (χ1v) is 16.2. The molecule has 1 aliphatic carbocycles. The number of nitrogens with zero attached hydrogens (tertiary/aromatic N) is 4. The van der Waals surface area contributed by atoms with Crippen molar-refractivity contribution in [1.82, 2.24) is 14.9 Å². The van der Waals surface area contributed by atoms with Gasteiger partial charge in [-0.05, 0) is 67.9 Å². The molecule has 1 aromatic heterocycles. The van der Waals surface area contributed by atoms with Crippen LogP contribution in [-0.2, 0) is 24.1 Å². The fourth-order valence-electron chi connectivity index (χ4n) is 6.73. The number of hydrogen-bond donors (Lipinski definition) is 1. The van der Waals surface area contributed by atoms with E-state index in [1.54, 1.807) is 6.20 Å². The maximum Gasteiger partial charge on any atom is 0.323 e. The number of aryl methyl sites for hydroxylation is 2. The molecular formula is C36H46N4O3. The van der Waals surface area contributed by atoms with Crippen LogP contribution in [0.25, 0.3) is 0 Å². The van der Waals surface area contributed by atoms with Crippen LogP contribution in [0.15, 0.2) is 66.9 Å². The van der Waals surface area contributed by atoms with E-state index in [1.807, 2.05) is 18.2 Å². The van der Waals surface area contributed by atoms with E-state index in [2.05, 4.69) is 47.4 Å². The van der Waals surface area contributed by atoms with E-state index < -0.39 is 5.97 Å². The van der Waals surface area contributed by atoms with E-state index in [4.69, 9.17) is 9.97 Å². The average Bonchev–Trinajstić information content (AvgIpc) is 3.04. The lowest BCUT2D eigenvalue weighted by Gasteiger charge is -2.32. The molecule has 0 unspecified atom stereocenters. The number of aliphatic carboxylic acids is 1. The summed E-state index contributed by atoms with van der Waals surface area (Å²) in [5.74, 6) is 0.716. The molecule has 0 bridgehead atoms. The fourth-order valence-corrected chi connectivity index (χ4v) is 6.73. The number of anilines is 1. The summed E-state index contributed by atoms with van der Waals surface area (Å²) in [5.41, 5.74) is 3.79. The molecule has 1 saturated heterocycles. The van der Waals surface area contributed by atoms with E-state index in [0.29, 0.717) is 36.3 Å². The molecule has 0 radical (unpaired) electrons. The summed E-state index contributed by atoms with van der Waals surface area (Å²) in [6, 6.07) is 20.8. The largest absolute Gasteiger partial charge is 0.480 e. The normalized spacial score (nSPS) is 16.2. The molecule has 228 valence electrons. The Kier molecular flexibility index (Phi) is 11.2. The lowest BCUT2D eigenvalue weighted by Crippen LogP contribution is -2.38. The second kappa shape index (κ2) is 15.6. The Morgan fingerprint density at radius 2 is 1.51 bits per heavy atom. The summed E-state index contributed by atoms with van der Waals surface area (Å²) in [5, 5.41) is 9.64. The first kappa shape index (κ1) is 30.7. The molecular weight excluding hydrogens is 536 g/mol. The highest BCUT2D eigenvalue weighted by Gasteiger charge is 2.26. The number of carboxylic acid groups (broad SMARTS) is 1. The first-order chi connectivity index (χ1) is 21.0. The van der Waals surface area contributed by atoms with Crippen LogP contribution in [0.1, 0.15) is 85.0 Å². The third kappa shape index (κ3) is 9.12. The van der Waals surface area contributed by atoms with E-state index in [-0.39, 0.29) is 12.5 Å². The van der Waals surface area contributed by atoms with Gasteiger partial charge in [-0.2, -0.15) is 0 Å². The zero-order chi connectivity index (χ0) is 29.9. The molecule has 0 spiro atoms. The first-order valence-electron chi connectivity index (χ1n) is 16.2. The minimum Gasteiger partial charge on any atom is -0.480 e. The summed E-state index contributed by atoms with van der Waals surface area (Å²) in [6.07, 6.45) is 14.5. The molecule has 1 saturated carbocycles. The van der Waals surface area contributed by atoms with Crippen LogP contribution in [0, 0.1) is 11.8 Å². The van der Waals surface area contributed by atoms with Crippen LogP contribution < -0.4 is 4.90 Å². The van der Waals surface area contributed by atoms with E-state index in [9.17, 15) is 14.7 Å². The topological polar surface area (TPSA) is 86.6 Å². The highest BCUT2D eigenvalue weighted by molar-refractivity contribution is 5.96. The Balaban J connectivity index is 1.29. The Morgan fingerprint density at radius 3 is 2.19 bits per heavy atom. The standard InChI is InChI=1S/C36H46N4O3/c41-34(42)27-40(22-10-17-28-11-4-1-5-12-28)35(43)32-26-37-36(38-33(32)19-18-29-13-6-2-7-14-29)39-23-20-31(21-24-39)25-30-15-8-3-9-16-30/h1,3-5,8-9,11-12,15-16,26,29,31H,2,6-7,10,13-14,17-25,27H2,(H,41,42). The van der Waals surface area contributed by atoms with Gasteiger partial charge in [0.25, 0.3) is 5.91 Å². The number of hydrogen-bond acceptors (Lipinski definition) is 5.